The summed E-state index contributed by atoms with van der Waals surface area (Å²) in [6.45, 7) is 6.06. The summed E-state index contributed by atoms with van der Waals surface area (Å²) >= 11 is 0. The van der Waals surface area contributed by atoms with Crippen LogP contribution in [-0.2, 0) is 17.8 Å². The van der Waals surface area contributed by atoms with Crippen molar-refractivity contribution in [3.63, 3.8) is 0 Å². The molecule has 0 radical (unpaired) electrons. The number of morpholine rings is 1. The molecule has 26 heavy (non-hydrogen) atoms. The summed E-state index contributed by atoms with van der Waals surface area (Å²) in [4.78, 5) is 14.4. The summed E-state index contributed by atoms with van der Waals surface area (Å²) in [5.74, 6) is 2.90. The molecule has 0 amide bonds. The molecule has 2 N–H and O–H groups in total. The molecule has 0 spiro atoms. The van der Waals surface area contributed by atoms with Crippen LogP contribution in [0.15, 0.2) is 16.9 Å². The predicted octanol–water partition coefficient (Wildman–Crippen LogP) is -0.0557. The van der Waals surface area contributed by atoms with Crippen LogP contribution in [-0.4, -0.2) is 56.9 Å². The van der Waals surface area contributed by atoms with Gasteiger partial charge in [0.2, 0.25) is 0 Å². The van der Waals surface area contributed by atoms with Crippen molar-refractivity contribution in [2.75, 3.05) is 31.2 Å². The predicted molar refractivity (Wildman–Crippen MR) is 96.3 cm³/mol. The molecule has 0 bridgehead atoms. The molecular weight excluding hydrogens is 334 g/mol. The Morgan fingerprint density at radius 2 is 2.00 bits per heavy atom. The SMILES string of the molecule is CCn1c(Cn2nc(N3CCOCC3)ccc2=O)nnc1C1CC(N)C1. The first kappa shape index (κ1) is 17.2. The summed E-state index contributed by atoms with van der Waals surface area (Å²) in [5, 5.41) is 13.2. The Morgan fingerprint density at radius 1 is 1.23 bits per heavy atom. The average molecular weight is 359 g/mol. The van der Waals surface area contributed by atoms with Crippen LogP contribution >= 0.6 is 0 Å². The molecule has 3 heterocycles. The van der Waals surface area contributed by atoms with Gasteiger partial charge in [0, 0.05) is 37.7 Å². The molecule has 1 aliphatic carbocycles. The van der Waals surface area contributed by atoms with Gasteiger partial charge >= 0.3 is 0 Å². The number of ether oxygens (including phenoxy) is 1. The zero-order valence-corrected chi connectivity index (χ0v) is 15.0. The zero-order valence-electron chi connectivity index (χ0n) is 15.0. The van der Waals surface area contributed by atoms with Crippen molar-refractivity contribution < 1.29 is 4.74 Å². The van der Waals surface area contributed by atoms with Crippen LogP contribution in [0.1, 0.15) is 37.3 Å². The minimum absolute atomic E-state index is 0.139. The maximum atomic E-state index is 12.3. The number of rotatable bonds is 5. The van der Waals surface area contributed by atoms with Gasteiger partial charge in [0.05, 0.1) is 13.2 Å². The molecule has 1 aliphatic heterocycles. The van der Waals surface area contributed by atoms with Gasteiger partial charge in [-0.25, -0.2) is 4.68 Å². The minimum atomic E-state index is -0.139. The standard InChI is InChI=1S/C17H25N7O2/c1-2-23-15(19-20-17(23)12-9-13(18)10-12)11-24-16(25)4-3-14(21-24)22-5-7-26-8-6-22/h3-4,12-13H,2,5-11,18H2,1H3. The topological polar surface area (TPSA) is 104 Å². The molecule has 1 saturated carbocycles. The average Bonchev–Trinajstić information content (AvgIpc) is 3.03. The van der Waals surface area contributed by atoms with Crippen molar-refractivity contribution in [1.29, 1.82) is 0 Å². The summed E-state index contributed by atoms with van der Waals surface area (Å²) in [7, 11) is 0. The fraction of sp³-hybridized carbons (Fsp3) is 0.647. The maximum absolute atomic E-state index is 12.3. The van der Waals surface area contributed by atoms with Crippen molar-refractivity contribution in [3.8, 4) is 0 Å². The van der Waals surface area contributed by atoms with Crippen LogP contribution in [0.3, 0.4) is 0 Å². The maximum Gasteiger partial charge on any atom is 0.267 e. The summed E-state index contributed by atoms with van der Waals surface area (Å²) in [6, 6.07) is 3.60. The minimum Gasteiger partial charge on any atom is -0.378 e. The molecule has 0 aromatic carbocycles. The zero-order chi connectivity index (χ0) is 18.1. The fourth-order valence-corrected chi connectivity index (χ4v) is 3.63. The highest BCUT2D eigenvalue weighted by atomic mass is 16.5. The molecule has 2 aliphatic rings. The van der Waals surface area contributed by atoms with E-state index in [1.165, 1.54) is 4.68 Å². The van der Waals surface area contributed by atoms with E-state index < -0.39 is 0 Å². The van der Waals surface area contributed by atoms with Gasteiger partial charge in [-0.3, -0.25) is 4.79 Å². The largest absolute Gasteiger partial charge is 0.378 e. The summed E-state index contributed by atoms with van der Waals surface area (Å²) in [5.41, 5.74) is 5.77. The van der Waals surface area contributed by atoms with Gasteiger partial charge in [0.25, 0.3) is 5.56 Å². The quantitative estimate of drug-likeness (QED) is 0.798. The lowest BCUT2D eigenvalue weighted by Gasteiger charge is -2.31. The molecule has 9 heteroatoms. The van der Waals surface area contributed by atoms with E-state index in [1.807, 2.05) is 0 Å². The number of nitrogens with zero attached hydrogens (tertiary/aromatic N) is 6. The smallest absolute Gasteiger partial charge is 0.267 e. The second kappa shape index (κ2) is 7.16. The monoisotopic (exact) mass is 359 g/mol. The second-order valence-corrected chi connectivity index (χ2v) is 6.93. The van der Waals surface area contributed by atoms with E-state index in [0.717, 1.165) is 49.9 Å². The number of anilines is 1. The van der Waals surface area contributed by atoms with Crippen molar-refractivity contribution in [1.82, 2.24) is 24.5 Å². The van der Waals surface area contributed by atoms with E-state index in [-0.39, 0.29) is 11.6 Å². The van der Waals surface area contributed by atoms with Crippen LogP contribution in [0.5, 0.6) is 0 Å². The third-order valence-corrected chi connectivity index (χ3v) is 5.19. The number of nitrogens with two attached hydrogens (primary N) is 1. The summed E-state index contributed by atoms with van der Waals surface area (Å²) in [6.07, 6.45) is 1.89. The molecule has 0 atom stereocenters. The second-order valence-electron chi connectivity index (χ2n) is 6.93. The van der Waals surface area contributed by atoms with Gasteiger partial charge < -0.3 is 19.9 Å². The molecule has 2 aromatic rings. The first-order valence-corrected chi connectivity index (χ1v) is 9.24. The lowest BCUT2D eigenvalue weighted by atomic mass is 9.80. The number of hydrogen-bond acceptors (Lipinski definition) is 7. The summed E-state index contributed by atoms with van der Waals surface area (Å²) < 4.78 is 8.94. The van der Waals surface area contributed by atoms with Gasteiger partial charge in [0.15, 0.2) is 5.82 Å². The molecule has 140 valence electrons. The normalized spacial score (nSPS) is 23.1. The van der Waals surface area contributed by atoms with Crippen molar-refractivity contribution >= 4 is 5.82 Å². The van der Waals surface area contributed by atoms with Gasteiger partial charge in [0.1, 0.15) is 18.2 Å². The van der Waals surface area contributed by atoms with E-state index in [9.17, 15) is 4.79 Å². The fourth-order valence-electron chi connectivity index (χ4n) is 3.63. The Bertz CT molecular complexity index is 819. The molecule has 2 fully saturated rings. The van der Waals surface area contributed by atoms with Gasteiger partial charge in [-0.1, -0.05) is 0 Å². The molecule has 9 nitrogen and oxygen atoms in total. The third-order valence-electron chi connectivity index (χ3n) is 5.19. The van der Waals surface area contributed by atoms with E-state index >= 15 is 0 Å². The Balaban J connectivity index is 1.58. The van der Waals surface area contributed by atoms with Crippen molar-refractivity contribution in [2.45, 2.75) is 44.8 Å². The van der Waals surface area contributed by atoms with Crippen molar-refractivity contribution in [3.05, 3.63) is 34.1 Å². The van der Waals surface area contributed by atoms with Crippen LogP contribution in [0, 0.1) is 0 Å². The number of hydrogen-bond donors (Lipinski definition) is 1. The lowest BCUT2D eigenvalue weighted by molar-refractivity contribution is 0.122. The van der Waals surface area contributed by atoms with Gasteiger partial charge in [-0.15, -0.1) is 10.2 Å². The first-order valence-electron chi connectivity index (χ1n) is 9.24. The first-order chi connectivity index (χ1) is 12.7. The highest BCUT2D eigenvalue weighted by Gasteiger charge is 2.32. The van der Waals surface area contributed by atoms with E-state index in [1.54, 1.807) is 12.1 Å². The highest BCUT2D eigenvalue weighted by Crippen LogP contribution is 2.34. The highest BCUT2D eigenvalue weighted by molar-refractivity contribution is 5.36. The molecular formula is C17H25N7O2. The number of aromatic nitrogens is 5. The Kier molecular flexibility index (Phi) is 4.73. The molecule has 4 rings (SSSR count). The van der Waals surface area contributed by atoms with Crippen LogP contribution in [0.4, 0.5) is 5.82 Å². The van der Waals surface area contributed by atoms with Gasteiger partial charge in [-0.2, -0.15) is 5.10 Å². The van der Waals surface area contributed by atoms with E-state index in [2.05, 4.69) is 31.7 Å². The Hall–Kier alpha value is -2.26. The Labute approximate surface area is 151 Å². The Morgan fingerprint density at radius 3 is 2.69 bits per heavy atom. The lowest BCUT2D eigenvalue weighted by Crippen LogP contribution is -2.38. The molecule has 0 unspecified atom stereocenters. The van der Waals surface area contributed by atoms with Crippen molar-refractivity contribution in [2.24, 2.45) is 5.73 Å². The van der Waals surface area contributed by atoms with Crippen LogP contribution < -0.4 is 16.2 Å². The molecule has 1 saturated heterocycles. The van der Waals surface area contributed by atoms with E-state index in [0.29, 0.717) is 25.7 Å². The van der Waals surface area contributed by atoms with Crippen LogP contribution in [0.2, 0.25) is 0 Å². The third kappa shape index (κ3) is 3.24. The van der Waals surface area contributed by atoms with Crippen LogP contribution in [0.25, 0.3) is 0 Å². The molecule has 2 aromatic heterocycles. The van der Waals surface area contributed by atoms with Gasteiger partial charge in [-0.05, 0) is 25.8 Å². The van der Waals surface area contributed by atoms with E-state index in [4.69, 9.17) is 10.5 Å².